The molecule has 92 valence electrons. The Morgan fingerprint density at radius 3 is 2.82 bits per heavy atom. The van der Waals surface area contributed by atoms with Crippen LogP contribution in [0, 0.1) is 11.2 Å². The van der Waals surface area contributed by atoms with Crippen molar-refractivity contribution in [2.45, 2.75) is 19.3 Å². The van der Waals surface area contributed by atoms with Gasteiger partial charge in [0.25, 0.3) is 5.91 Å². The van der Waals surface area contributed by atoms with Gasteiger partial charge < -0.3 is 11.1 Å². The Balaban J connectivity index is 1.87. The molecule has 0 aliphatic heterocycles. The molecule has 1 fully saturated rings. The Bertz CT molecular complexity index is 401. The average Bonchev–Trinajstić information content (AvgIpc) is 3.08. The monoisotopic (exact) mass is 237 g/mol. The first-order valence-electron chi connectivity index (χ1n) is 5.75. The first-order valence-corrected chi connectivity index (χ1v) is 5.75. The van der Waals surface area contributed by atoms with E-state index in [1.807, 2.05) is 0 Å². The molecule has 0 unspecified atom stereocenters. The molecule has 17 heavy (non-hydrogen) atoms. The summed E-state index contributed by atoms with van der Waals surface area (Å²) < 4.78 is 12.6. The smallest absolute Gasteiger partial charge is 0.269 e. The van der Waals surface area contributed by atoms with Gasteiger partial charge in [0, 0.05) is 6.54 Å². The fourth-order valence-corrected chi connectivity index (χ4v) is 1.87. The standard InChI is InChI=1S/C12H16FN3O/c13-9-1-2-10(15-7-9)11(17)16-8-12(3-4-12)5-6-14/h1-2,7H,3-6,8,14H2,(H,16,17). The zero-order valence-electron chi connectivity index (χ0n) is 9.58. The third kappa shape index (κ3) is 3.00. The third-order valence-electron chi connectivity index (χ3n) is 3.22. The number of hydrogen-bond donors (Lipinski definition) is 2. The maximum Gasteiger partial charge on any atom is 0.269 e. The van der Waals surface area contributed by atoms with Gasteiger partial charge in [-0.15, -0.1) is 0 Å². The van der Waals surface area contributed by atoms with Crippen LogP contribution in [0.4, 0.5) is 4.39 Å². The molecule has 0 spiro atoms. The summed E-state index contributed by atoms with van der Waals surface area (Å²) in [5.74, 6) is -0.698. The Hall–Kier alpha value is -1.49. The minimum absolute atomic E-state index is 0.199. The van der Waals surface area contributed by atoms with Crippen molar-refractivity contribution in [3.8, 4) is 0 Å². The summed E-state index contributed by atoms with van der Waals surface area (Å²) in [6.07, 6.45) is 4.20. The normalized spacial score (nSPS) is 16.6. The van der Waals surface area contributed by atoms with Crippen molar-refractivity contribution in [1.82, 2.24) is 10.3 Å². The van der Waals surface area contributed by atoms with Crippen LogP contribution < -0.4 is 11.1 Å². The molecule has 1 aromatic rings. The van der Waals surface area contributed by atoms with Crippen LogP contribution in [0.2, 0.25) is 0 Å². The third-order valence-corrected chi connectivity index (χ3v) is 3.22. The van der Waals surface area contributed by atoms with Crippen LogP contribution >= 0.6 is 0 Å². The van der Waals surface area contributed by atoms with E-state index >= 15 is 0 Å². The van der Waals surface area contributed by atoms with E-state index in [0.717, 1.165) is 25.5 Å². The molecule has 1 aliphatic rings. The van der Waals surface area contributed by atoms with E-state index in [-0.39, 0.29) is 17.0 Å². The minimum atomic E-state index is -0.441. The Morgan fingerprint density at radius 1 is 1.53 bits per heavy atom. The quantitative estimate of drug-likeness (QED) is 0.805. The van der Waals surface area contributed by atoms with E-state index in [1.54, 1.807) is 0 Å². The van der Waals surface area contributed by atoms with Crippen LogP contribution in [0.3, 0.4) is 0 Å². The number of carbonyl (C=O) groups is 1. The summed E-state index contributed by atoms with van der Waals surface area (Å²) in [4.78, 5) is 15.4. The second kappa shape index (κ2) is 4.79. The van der Waals surface area contributed by atoms with Crippen molar-refractivity contribution >= 4 is 5.91 Å². The van der Waals surface area contributed by atoms with Gasteiger partial charge in [-0.05, 0) is 43.4 Å². The van der Waals surface area contributed by atoms with Gasteiger partial charge in [-0.2, -0.15) is 0 Å². The number of hydrogen-bond acceptors (Lipinski definition) is 3. The number of aromatic nitrogens is 1. The molecule has 0 radical (unpaired) electrons. The lowest BCUT2D eigenvalue weighted by Gasteiger charge is -2.14. The largest absolute Gasteiger partial charge is 0.350 e. The highest BCUT2D eigenvalue weighted by atomic mass is 19.1. The molecule has 2 rings (SSSR count). The van der Waals surface area contributed by atoms with Gasteiger partial charge >= 0.3 is 0 Å². The molecule has 1 saturated carbocycles. The van der Waals surface area contributed by atoms with Gasteiger partial charge in [-0.25, -0.2) is 9.37 Å². The highest BCUT2D eigenvalue weighted by Crippen LogP contribution is 2.47. The predicted molar refractivity (Wildman–Crippen MR) is 61.9 cm³/mol. The summed E-state index contributed by atoms with van der Waals surface area (Å²) >= 11 is 0. The van der Waals surface area contributed by atoms with Crippen LogP contribution in [0.25, 0.3) is 0 Å². The lowest BCUT2D eigenvalue weighted by molar-refractivity contribution is 0.0939. The molecular formula is C12H16FN3O. The zero-order chi connectivity index (χ0) is 12.3. The number of halogens is 1. The molecule has 4 nitrogen and oxygen atoms in total. The SMILES string of the molecule is NCCC1(CNC(=O)c2ccc(F)cn2)CC1. The van der Waals surface area contributed by atoms with Crippen molar-refractivity contribution in [3.63, 3.8) is 0 Å². The van der Waals surface area contributed by atoms with E-state index in [1.165, 1.54) is 12.1 Å². The topological polar surface area (TPSA) is 68.0 Å². The van der Waals surface area contributed by atoms with Gasteiger partial charge in [0.1, 0.15) is 11.5 Å². The molecule has 0 aromatic carbocycles. The number of carbonyl (C=O) groups excluding carboxylic acids is 1. The number of pyridine rings is 1. The molecule has 1 amide bonds. The molecule has 1 aliphatic carbocycles. The maximum atomic E-state index is 12.6. The fourth-order valence-electron chi connectivity index (χ4n) is 1.87. The van der Waals surface area contributed by atoms with Crippen LogP contribution in [0.15, 0.2) is 18.3 Å². The number of amides is 1. The summed E-state index contributed by atoms with van der Waals surface area (Å²) in [5, 5.41) is 2.83. The van der Waals surface area contributed by atoms with Crippen LogP contribution in [0.5, 0.6) is 0 Å². The Labute approximate surface area is 99.4 Å². The highest BCUT2D eigenvalue weighted by molar-refractivity contribution is 5.92. The first-order chi connectivity index (χ1) is 8.15. The highest BCUT2D eigenvalue weighted by Gasteiger charge is 2.41. The van der Waals surface area contributed by atoms with Crippen molar-refractivity contribution in [2.75, 3.05) is 13.1 Å². The molecule has 0 bridgehead atoms. The molecule has 1 heterocycles. The molecule has 5 heteroatoms. The Kier molecular flexibility index (Phi) is 3.38. The summed E-state index contributed by atoms with van der Waals surface area (Å²) in [7, 11) is 0. The summed E-state index contributed by atoms with van der Waals surface area (Å²) in [5.41, 5.74) is 5.97. The van der Waals surface area contributed by atoms with Gasteiger partial charge in [-0.3, -0.25) is 4.79 Å². The predicted octanol–water partition coefficient (Wildman–Crippen LogP) is 1.08. The van der Waals surface area contributed by atoms with E-state index < -0.39 is 5.82 Å². The average molecular weight is 237 g/mol. The van der Waals surface area contributed by atoms with E-state index in [0.29, 0.717) is 13.1 Å². The maximum absolute atomic E-state index is 12.6. The minimum Gasteiger partial charge on any atom is -0.350 e. The van der Waals surface area contributed by atoms with Crippen molar-refractivity contribution in [1.29, 1.82) is 0 Å². The van der Waals surface area contributed by atoms with Crippen molar-refractivity contribution < 1.29 is 9.18 Å². The van der Waals surface area contributed by atoms with Crippen molar-refractivity contribution in [3.05, 3.63) is 29.8 Å². The lowest BCUT2D eigenvalue weighted by Crippen LogP contribution is -2.31. The van der Waals surface area contributed by atoms with Crippen LogP contribution in [-0.2, 0) is 0 Å². The fraction of sp³-hybridized carbons (Fsp3) is 0.500. The molecule has 0 saturated heterocycles. The molecular weight excluding hydrogens is 221 g/mol. The van der Waals surface area contributed by atoms with E-state index in [4.69, 9.17) is 5.73 Å². The Morgan fingerprint density at radius 2 is 2.29 bits per heavy atom. The second-order valence-electron chi connectivity index (χ2n) is 4.58. The van der Waals surface area contributed by atoms with Crippen molar-refractivity contribution in [2.24, 2.45) is 11.1 Å². The summed E-state index contributed by atoms with van der Waals surface area (Å²) in [6, 6.07) is 2.61. The van der Waals surface area contributed by atoms with Gasteiger partial charge in [0.2, 0.25) is 0 Å². The molecule has 1 aromatic heterocycles. The van der Waals surface area contributed by atoms with Gasteiger partial charge in [0.15, 0.2) is 0 Å². The van der Waals surface area contributed by atoms with Gasteiger partial charge in [0.05, 0.1) is 6.20 Å². The summed E-state index contributed by atoms with van der Waals surface area (Å²) in [6.45, 7) is 1.27. The van der Waals surface area contributed by atoms with Crippen LogP contribution in [-0.4, -0.2) is 24.0 Å². The number of nitrogens with two attached hydrogens (primary N) is 1. The first kappa shape index (κ1) is 12.0. The van der Waals surface area contributed by atoms with Crippen LogP contribution in [0.1, 0.15) is 29.8 Å². The number of rotatable bonds is 5. The number of nitrogens with one attached hydrogen (secondary N) is 1. The lowest BCUT2D eigenvalue weighted by atomic mass is 10.0. The zero-order valence-corrected chi connectivity index (χ0v) is 9.58. The van der Waals surface area contributed by atoms with E-state index in [9.17, 15) is 9.18 Å². The second-order valence-corrected chi connectivity index (χ2v) is 4.58. The molecule has 3 N–H and O–H groups in total. The molecule has 0 atom stereocenters. The van der Waals surface area contributed by atoms with E-state index in [2.05, 4.69) is 10.3 Å². The number of nitrogens with zero attached hydrogens (tertiary/aromatic N) is 1. The van der Waals surface area contributed by atoms with Gasteiger partial charge in [-0.1, -0.05) is 0 Å².